The molecule has 3 rings (SSSR count). The summed E-state index contributed by atoms with van der Waals surface area (Å²) in [5, 5.41) is 4.70. The number of hydrogen-bond acceptors (Lipinski definition) is 4. The van der Waals surface area contributed by atoms with Crippen LogP contribution in [0.2, 0.25) is 0 Å². The molecule has 0 aliphatic carbocycles. The van der Waals surface area contributed by atoms with Gasteiger partial charge in [0.15, 0.2) is 5.13 Å². The van der Waals surface area contributed by atoms with Crippen LogP contribution in [0.5, 0.6) is 0 Å². The number of fused-ring (bicyclic) bond motifs is 1. The van der Waals surface area contributed by atoms with Crippen molar-refractivity contribution in [3.8, 4) is 0 Å². The standard InChI is InChI=1S/C16H11F6N3O2S/c17-15(18,19)8-4-7(5-9(6-8)16(20,21)22)12(26)25-14-24-10-2-1-3-23-13(27)11(10)28-14/h4-6H,1-3H2,(H,23,27)(H,24,25,26). The Morgan fingerprint density at radius 3 is 2.25 bits per heavy atom. The fourth-order valence-electron chi connectivity index (χ4n) is 2.55. The Morgan fingerprint density at radius 2 is 1.68 bits per heavy atom. The van der Waals surface area contributed by atoms with Gasteiger partial charge in [0, 0.05) is 12.1 Å². The summed E-state index contributed by atoms with van der Waals surface area (Å²) in [6.07, 6.45) is -9.07. The molecule has 2 aromatic rings. The minimum atomic E-state index is -5.06. The Kier molecular flexibility index (Phi) is 5.08. The number of nitrogens with one attached hydrogen (secondary N) is 2. The monoisotopic (exact) mass is 423 g/mol. The number of carbonyl (C=O) groups is 2. The zero-order valence-corrected chi connectivity index (χ0v) is 14.6. The number of anilines is 1. The summed E-state index contributed by atoms with van der Waals surface area (Å²) in [5.41, 5.74) is -3.60. The Labute approximate surface area is 157 Å². The van der Waals surface area contributed by atoms with Gasteiger partial charge in [0.05, 0.1) is 16.8 Å². The Hall–Kier alpha value is -2.63. The lowest BCUT2D eigenvalue weighted by Crippen LogP contribution is -2.21. The number of benzene rings is 1. The highest BCUT2D eigenvalue weighted by Crippen LogP contribution is 2.36. The van der Waals surface area contributed by atoms with E-state index in [-0.39, 0.29) is 16.1 Å². The van der Waals surface area contributed by atoms with Gasteiger partial charge in [-0.05, 0) is 31.0 Å². The van der Waals surface area contributed by atoms with Crippen molar-refractivity contribution in [2.45, 2.75) is 25.2 Å². The van der Waals surface area contributed by atoms with E-state index in [1.54, 1.807) is 0 Å². The number of nitrogens with zero attached hydrogens (tertiary/aromatic N) is 1. The van der Waals surface area contributed by atoms with E-state index in [0.717, 1.165) is 11.3 Å². The maximum Gasteiger partial charge on any atom is 0.416 e. The van der Waals surface area contributed by atoms with E-state index in [4.69, 9.17) is 0 Å². The number of carbonyl (C=O) groups excluding carboxylic acids is 2. The van der Waals surface area contributed by atoms with Crippen LogP contribution in [0.25, 0.3) is 0 Å². The van der Waals surface area contributed by atoms with Gasteiger partial charge in [0.2, 0.25) is 0 Å². The fraction of sp³-hybridized carbons (Fsp3) is 0.312. The predicted molar refractivity (Wildman–Crippen MR) is 87.2 cm³/mol. The van der Waals surface area contributed by atoms with E-state index in [9.17, 15) is 35.9 Å². The SMILES string of the molecule is O=C(Nc1nc2c(s1)C(=O)NCCC2)c1cc(C(F)(F)F)cc(C(F)(F)F)c1. The zero-order chi connectivity index (χ0) is 20.7. The molecule has 28 heavy (non-hydrogen) atoms. The zero-order valence-electron chi connectivity index (χ0n) is 13.8. The van der Waals surface area contributed by atoms with Crippen molar-refractivity contribution in [3.05, 3.63) is 45.5 Å². The van der Waals surface area contributed by atoms with Crippen molar-refractivity contribution in [3.63, 3.8) is 0 Å². The van der Waals surface area contributed by atoms with Gasteiger partial charge in [0.25, 0.3) is 11.8 Å². The molecule has 0 unspecified atom stereocenters. The average Bonchev–Trinajstić information content (AvgIpc) is 2.91. The highest BCUT2D eigenvalue weighted by atomic mass is 32.1. The molecule has 1 aromatic heterocycles. The maximum absolute atomic E-state index is 12.9. The Balaban J connectivity index is 1.92. The summed E-state index contributed by atoms with van der Waals surface area (Å²) in [5.74, 6) is -1.59. The molecule has 0 spiro atoms. The number of thiazole rings is 1. The molecule has 0 atom stereocenters. The van der Waals surface area contributed by atoms with Gasteiger partial charge in [-0.25, -0.2) is 4.98 Å². The lowest BCUT2D eigenvalue weighted by molar-refractivity contribution is -0.143. The van der Waals surface area contributed by atoms with E-state index in [1.807, 2.05) is 0 Å². The molecule has 0 bridgehead atoms. The van der Waals surface area contributed by atoms with Gasteiger partial charge in [0.1, 0.15) is 4.88 Å². The van der Waals surface area contributed by atoms with E-state index in [0.29, 0.717) is 37.2 Å². The van der Waals surface area contributed by atoms with Gasteiger partial charge in [-0.1, -0.05) is 11.3 Å². The fourth-order valence-corrected chi connectivity index (χ4v) is 3.47. The third-order valence-electron chi connectivity index (χ3n) is 3.85. The quantitative estimate of drug-likeness (QED) is 0.715. The van der Waals surface area contributed by atoms with Crippen molar-refractivity contribution in [2.24, 2.45) is 0 Å². The largest absolute Gasteiger partial charge is 0.416 e. The molecular formula is C16H11F6N3O2S. The second-order valence-corrected chi connectivity index (χ2v) is 6.90. The second kappa shape index (κ2) is 7.08. The molecule has 2 amide bonds. The van der Waals surface area contributed by atoms with Crippen LogP contribution in [0.1, 0.15) is 43.3 Å². The van der Waals surface area contributed by atoms with Crippen molar-refractivity contribution in [2.75, 3.05) is 11.9 Å². The summed E-state index contributed by atoms with van der Waals surface area (Å²) < 4.78 is 77.5. The number of hydrogen-bond donors (Lipinski definition) is 2. The maximum atomic E-state index is 12.9. The Bertz CT molecular complexity index is 903. The predicted octanol–water partition coefficient (Wildman–Crippen LogP) is 4.11. The van der Waals surface area contributed by atoms with Gasteiger partial charge >= 0.3 is 12.4 Å². The van der Waals surface area contributed by atoms with Crippen LogP contribution in [-0.4, -0.2) is 23.3 Å². The van der Waals surface area contributed by atoms with E-state index < -0.39 is 40.9 Å². The average molecular weight is 423 g/mol. The van der Waals surface area contributed by atoms with Crippen molar-refractivity contribution in [1.82, 2.24) is 10.3 Å². The first-order chi connectivity index (χ1) is 12.9. The first-order valence-electron chi connectivity index (χ1n) is 7.84. The number of aryl methyl sites for hydroxylation is 1. The number of alkyl halides is 6. The molecule has 12 heteroatoms. The van der Waals surface area contributed by atoms with E-state index in [1.165, 1.54) is 0 Å². The summed E-state index contributed by atoms with van der Waals surface area (Å²) in [4.78, 5) is 28.4. The molecule has 1 aliphatic heterocycles. The number of amides is 2. The van der Waals surface area contributed by atoms with Crippen LogP contribution < -0.4 is 10.6 Å². The molecule has 1 aromatic carbocycles. The Morgan fingerprint density at radius 1 is 1.07 bits per heavy atom. The molecule has 2 heterocycles. The molecule has 5 nitrogen and oxygen atoms in total. The van der Waals surface area contributed by atoms with E-state index >= 15 is 0 Å². The van der Waals surface area contributed by atoms with Gasteiger partial charge in [-0.15, -0.1) is 0 Å². The highest BCUT2D eigenvalue weighted by Gasteiger charge is 2.37. The van der Waals surface area contributed by atoms with Crippen LogP contribution in [-0.2, 0) is 18.8 Å². The third kappa shape index (κ3) is 4.26. The first kappa shape index (κ1) is 20.1. The van der Waals surface area contributed by atoms with Gasteiger partial charge in [-0.2, -0.15) is 26.3 Å². The molecule has 0 saturated heterocycles. The lowest BCUT2D eigenvalue weighted by Gasteiger charge is -2.13. The van der Waals surface area contributed by atoms with Crippen LogP contribution in [0, 0.1) is 0 Å². The van der Waals surface area contributed by atoms with E-state index in [2.05, 4.69) is 15.6 Å². The van der Waals surface area contributed by atoms with Gasteiger partial charge in [-0.3, -0.25) is 14.9 Å². The van der Waals surface area contributed by atoms with Crippen LogP contribution in [0.4, 0.5) is 31.5 Å². The molecule has 0 radical (unpaired) electrons. The highest BCUT2D eigenvalue weighted by molar-refractivity contribution is 7.17. The smallest absolute Gasteiger partial charge is 0.351 e. The molecule has 150 valence electrons. The van der Waals surface area contributed by atoms with Crippen LogP contribution in [0.15, 0.2) is 18.2 Å². The molecule has 1 aliphatic rings. The molecular weight excluding hydrogens is 412 g/mol. The minimum Gasteiger partial charge on any atom is -0.351 e. The molecule has 0 saturated carbocycles. The lowest BCUT2D eigenvalue weighted by atomic mass is 10.0. The molecule has 2 N–H and O–H groups in total. The summed E-state index contributed by atoms with van der Waals surface area (Å²) in [6, 6.07) is 0.596. The van der Waals surface area contributed by atoms with Crippen molar-refractivity contribution < 1.29 is 35.9 Å². The topological polar surface area (TPSA) is 71.1 Å². The number of aromatic nitrogens is 1. The first-order valence-corrected chi connectivity index (χ1v) is 8.65. The van der Waals surface area contributed by atoms with Crippen LogP contribution in [0.3, 0.4) is 0 Å². The summed E-state index contributed by atoms with van der Waals surface area (Å²) >= 11 is 0.800. The van der Waals surface area contributed by atoms with Crippen LogP contribution >= 0.6 is 11.3 Å². The summed E-state index contributed by atoms with van der Waals surface area (Å²) in [7, 11) is 0. The number of rotatable bonds is 2. The minimum absolute atomic E-state index is 0.0628. The molecule has 0 fully saturated rings. The van der Waals surface area contributed by atoms with Gasteiger partial charge < -0.3 is 5.32 Å². The van der Waals surface area contributed by atoms with Crippen molar-refractivity contribution >= 4 is 28.3 Å². The van der Waals surface area contributed by atoms with Crippen molar-refractivity contribution in [1.29, 1.82) is 0 Å². The normalized spacial score (nSPS) is 14.9. The second-order valence-electron chi connectivity index (χ2n) is 5.90. The number of halogens is 6. The third-order valence-corrected chi connectivity index (χ3v) is 4.86. The summed E-state index contributed by atoms with van der Waals surface area (Å²) in [6.45, 7) is 0.452.